The second kappa shape index (κ2) is 7.58. The molecule has 7 heteroatoms. The summed E-state index contributed by atoms with van der Waals surface area (Å²) < 4.78 is 7.37. The molecule has 0 unspecified atom stereocenters. The van der Waals surface area contributed by atoms with Crippen molar-refractivity contribution in [3.05, 3.63) is 53.3 Å². The van der Waals surface area contributed by atoms with E-state index < -0.39 is 0 Å². The zero-order valence-corrected chi connectivity index (χ0v) is 14.8. The zero-order valence-electron chi connectivity index (χ0n) is 14.8. The van der Waals surface area contributed by atoms with Crippen LogP contribution in [0.2, 0.25) is 0 Å². The molecule has 0 radical (unpaired) electrons. The highest BCUT2D eigenvalue weighted by molar-refractivity contribution is 5.57. The summed E-state index contributed by atoms with van der Waals surface area (Å²) >= 11 is 0. The zero-order chi connectivity index (χ0) is 17.8. The number of nitrogens with zero attached hydrogens (tertiary/aromatic N) is 5. The van der Waals surface area contributed by atoms with E-state index in [9.17, 15) is 5.11 Å². The molecular weight excluding hydrogens is 318 g/mol. The minimum absolute atomic E-state index is 0.0870. The fourth-order valence-electron chi connectivity index (χ4n) is 2.89. The van der Waals surface area contributed by atoms with Crippen LogP contribution in [0.4, 0.5) is 0 Å². The normalized spacial score (nSPS) is 11.4. The number of hydrogen-bond acceptors (Lipinski definition) is 6. The lowest BCUT2D eigenvalue weighted by atomic mass is 10.1. The highest BCUT2D eigenvalue weighted by atomic mass is 16.5. The first-order valence-electron chi connectivity index (χ1n) is 8.26. The Balaban J connectivity index is 1.75. The monoisotopic (exact) mass is 341 g/mol. The molecule has 0 saturated heterocycles. The topological polar surface area (TPSA) is 80.2 Å². The molecule has 25 heavy (non-hydrogen) atoms. The Bertz CT molecular complexity index is 825. The van der Waals surface area contributed by atoms with Crippen LogP contribution in [0.3, 0.4) is 0 Å². The van der Waals surface area contributed by atoms with Crippen LogP contribution in [0.5, 0.6) is 0 Å². The van der Waals surface area contributed by atoms with Gasteiger partial charge < -0.3 is 9.63 Å². The summed E-state index contributed by atoms with van der Waals surface area (Å²) in [5.74, 6) is 0.763. The number of aromatic nitrogens is 4. The van der Waals surface area contributed by atoms with Crippen molar-refractivity contribution < 1.29 is 9.63 Å². The molecule has 0 aliphatic carbocycles. The predicted octanol–water partition coefficient (Wildman–Crippen LogP) is 2.08. The fourth-order valence-corrected chi connectivity index (χ4v) is 2.89. The molecular formula is C18H23N5O2. The van der Waals surface area contributed by atoms with E-state index in [-0.39, 0.29) is 6.61 Å². The van der Waals surface area contributed by atoms with Gasteiger partial charge in [-0.25, -0.2) is 0 Å². The van der Waals surface area contributed by atoms with E-state index in [1.54, 1.807) is 12.4 Å². The average Bonchev–Trinajstić information content (AvgIpc) is 3.16. The smallest absolute Gasteiger partial charge is 0.151 e. The van der Waals surface area contributed by atoms with Gasteiger partial charge in [0.05, 0.1) is 18.8 Å². The quantitative estimate of drug-likeness (QED) is 0.709. The van der Waals surface area contributed by atoms with Crippen LogP contribution in [0.1, 0.15) is 22.7 Å². The maximum Gasteiger partial charge on any atom is 0.151 e. The van der Waals surface area contributed by atoms with E-state index in [1.807, 2.05) is 36.9 Å². The number of rotatable bonds is 7. The largest absolute Gasteiger partial charge is 0.395 e. The van der Waals surface area contributed by atoms with E-state index in [0.29, 0.717) is 19.6 Å². The highest BCUT2D eigenvalue weighted by Crippen LogP contribution is 2.20. The lowest BCUT2D eigenvalue weighted by molar-refractivity contribution is 0.170. The summed E-state index contributed by atoms with van der Waals surface area (Å²) in [5.41, 5.74) is 5.09. The second-order valence-electron chi connectivity index (χ2n) is 6.12. The first-order chi connectivity index (χ1) is 12.1. The summed E-state index contributed by atoms with van der Waals surface area (Å²) in [4.78, 5) is 6.15. The third kappa shape index (κ3) is 3.94. The molecule has 3 heterocycles. The molecule has 0 bridgehead atoms. The van der Waals surface area contributed by atoms with Crippen LogP contribution in [0.25, 0.3) is 11.3 Å². The van der Waals surface area contributed by atoms with Crippen molar-refractivity contribution in [2.45, 2.75) is 26.9 Å². The van der Waals surface area contributed by atoms with Crippen LogP contribution in [0.15, 0.2) is 35.1 Å². The van der Waals surface area contributed by atoms with Gasteiger partial charge in [0.25, 0.3) is 0 Å². The number of hydrogen-bond donors (Lipinski definition) is 1. The van der Waals surface area contributed by atoms with E-state index in [4.69, 9.17) is 4.52 Å². The van der Waals surface area contributed by atoms with Crippen LogP contribution < -0.4 is 0 Å². The molecule has 0 amide bonds. The lowest BCUT2D eigenvalue weighted by Gasteiger charge is -2.20. The van der Waals surface area contributed by atoms with Gasteiger partial charge in [-0.3, -0.25) is 14.6 Å². The Labute approximate surface area is 146 Å². The molecule has 1 N–H and O–H groups in total. The molecule has 7 nitrogen and oxygen atoms in total. The van der Waals surface area contributed by atoms with Crippen molar-refractivity contribution >= 4 is 0 Å². The van der Waals surface area contributed by atoms with Gasteiger partial charge >= 0.3 is 0 Å². The molecule has 0 atom stereocenters. The van der Waals surface area contributed by atoms with Gasteiger partial charge in [-0.1, -0.05) is 5.16 Å². The van der Waals surface area contributed by atoms with Gasteiger partial charge in [0.2, 0.25) is 0 Å². The van der Waals surface area contributed by atoms with Crippen LogP contribution in [0, 0.1) is 13.8 Å². The Morgan fingerprint density at radius 2 is 1.96 bits per heavy atom. The summed E-state index contributed by atoms with van der Waals surface area (Å²) in [6.45, 7) is 5.99. The number of aliphatic hydroxyl groups is 1. The molecule has 3 aromatic heterocycles. The van der Waals surface area contributed by atoms with E-state index >= 15 is 0 Å². The van der Waals surface area contributed by atoms with Gasteiger partial charge in [-0.2, -0.15) is 5.10 Å². The van der Waals surface area contributed by atoms with Gasteiger partial charge in [0, 0.05) is 55.4 Å². The molecule has 0 aliphatic heterocycles. The minimum atomic E-state index is 0.0870. The summed E-state index contributed by atoms with van der Waals surface area (Å²) in [6.07, 6.45) is 3.46. The van der Waals surface area contributed by atoms with Gasteiger partial charge in [0.1, 0.15) is 5.69 Å². The van der Waals surface area contributed by atoms with Crippen molar-refractivity contribution in [3.8, 4) is 11.3 Å². The summed E-state index contributed by atoms with van der Waals surface area (Å²) in [5, 5.41) is 18.0. The van der Waals surface area contributed by atoms with Crippen LogP contribution >= 0.6 is 0 Å². The third-order valence-corrected chi connectivity index (χ3v) is 4.37. The molecule has 0 aromatic carbocycles. The van der Waals surface area contributed by atoms with Crippen molar-refractivity contribution in [3.63, 3.8) is 0 Å². The average molecular weight is 341 g/mol. The Hall–Kier alpha value is -2.51. The molecule has 0 aliphatic rings. The summed E-state index contributed by atoms with van der Waals surface area (Å²) in [6, 6.07) is 5.73. The Morgan fingerprint density at radius 3 is 2.60 bits per heavy atom. The van der Waals surface area contributed by atoms with E-state index in [0.717, 1.165) is 28.4 Å². The Kier molecular flexibility index (Phi) is 5.25. The predicted molar refractivity (Wildman–Crippen MR) is 93.6 cm³/mol. The molecule has 0 spiro atoms. The molecule has 0 saturated carbocycles. The van der Waals surface area contributed by atoms with Gasteiger partial charge in [0.15, 0.2) is 5.76 Å². The molecule has 3 rings (SSSR count). The van der Waals surface area contributed by atoms with E-state index in [1.165, 1.54) is 5.56 Å². The maximum absolute atomic E-state index is 9.40. The van der Waals surface area contributed by atoms with Crippen LogP contribution in [-0.2, 0) is 20.1 Å². The fraction of sp³-hybridized carbons (Fsp3) is 0.389. The van der Waals surface area contributed by atoms with Crippen LogP contribution in [-0.4, -0.2) is 43.1 Å². The first-order valence-corrected chi connectivity index (χ1v) is 8.26. The summed E-state index contributed by atoms with van der Waals surface area (Å²) in [7, 11) is 1.94. The molecule has 3 aromatic rings. The van der Waals surface area contributed by atoms with Gasteiger partial charge in [-0.15, -0.1) is 0 Å². The second-order valence-corrected chi connectivity index (χ2v) is 6.12. The van der Waals surface area contributed by atoms with E-state index in [2.05, 4.69) is 27.1 Å². The highest BCUT2D eigenvalue weighted by Gasteiger charge is 2.16. The van der Waals surface area contributed by atoms with Crippen molar-refractivity contribution in [2.24, 2.45) is 7.05 Å². The lowest BCUT2D eigenvalue weighted by Crippen LogP contribution is -2.26. The third-order valence-electron chi connectivity index (χ3n) is 4.37. The molecule has 0 fully saturated rings. The number of aliphatic hydroxyl groups excluding tert-OH is 1. The number of pyridine rings is 1. The van der Waals surface area contributed by atoms with Crippen molar-refractivity contribution in [2.75, 3.05) is 13.2 Å². The number of aryl methyl sites for hydroxylation is 2. The van der Waals surface area contributed by atoms with Gasteiger partial charge in [-0.05, 0) is 26.0 Å². The molecule has 132 valence electrons. The van der Waals surface area contributed by atoms with Crippen molar-refractivity contribution in [1.82, 2.24) is 24.8 Å². The standard InChI is InChI=1S/C18H23N5O2/c1-13-17(14(2)22(3)20-13)12-23(8-9-24)11-16-10-18(21-25-16)15-4-6-19-7-5-15/h4-7,10,24H,8-9,11-12H2,1-3H3. The maximum atomic E-state index is 9.40. The first kappa shape index (κ1) is 17.3. The SMILES string of the molecule is Cc1nn(C)c(C)c1CN(CCO)Cc1cc(-c2ccncc2)no1. The Morgan fingerprint density at radius 1 is 1.20 bits per heavy atom. The van der Waals surface area contributed by atoms with Crippen molar-refractivity contribution in [1.29, 1.82) is 0 Å². The minimum Gasteiger partial charge on any atom is -0.395 e.